The quantitative estimate of drug-likeness (QED) is 0.713. The Bertz CT molecular complexity index is 943. The Hall–Kier alpha value is -3.09. The summed E-state index contributed by atoms with van der Waals surface area (Å²) in [6, 6.07) is 12.1. The first-order chi connectivity index (χ1) is 12.6. The molecule has 1 aliphatic heterocycles. The minimum Gasteiger partial charge on any atom is -0.337 e. The largest absolute Gasteiger partial charge is 0.337 e. The fourth-order valence-corrected chi connectivity index (χ4v) is 3.14. The van der Waals surface area contributed by atoms with E-state index in [9.17, 15) is 13.6 Å². The van der Waals surface area contributed by atoms with Gasteiger partial charge in [0.1, 0.15) is 6.04 Å². The van der Waals surface area contributed by atoms with E-state index in [-0.39, 0.29) is 17.5 Å². The first-order valence-electron chi connectivity index (χ1n) is 8.28. The van der Waals surface area contributed by atoms with Crippen molar-refractivity contribution in [1.29, 1.82) is 0 Å². The van der Waals surface area contributed by atoms with Crippen LogP contribution in [0.4, 0.5) is 8.78 Å². The van der Waals surface area contributed by atoms with Gasteiger partial charge in [-0.05, 0) is 31.0 Å². The molecule has 1 fully saturated rings. The van der Waals surface area contributed by atoms with Crippen LogP contribution in [-0.4, -0.2) is 27.5 Å². The molecule has 1 atom stereocenters. The molecule has 132 valence electrons. The summed E-state index contributed by atoms with van der Waals surface area (Å²) in [6.07, 6.45) is 1.44. The number of halogens is 2. The van der Waals surface area contributed by atoms with E-state index in [2.05, 4.69) is 10.1 Å². The van der Waals surface area contributed by atoms with Gasteiger partial charge in [0, 0.05) is 17.7 Å². The summed E-state index contributed by atoms with van der Waals surface area (Å²) in [5.41, 5.74) is 0.914. The van der Waals surface area contributed by atoms with Crippen LogP contribution in [0.25, 0.3) is 11.4 Å². The van der Waals surface area contributed by atoms with Gasteiger partial charge < -0.3 is 9.42 Å². The molecule has 0 saturated carbocycles. The minimum atomic E-state index is -1.05. The standard InChI is InChI=1S/C19H15F2N3O2/c20-14-9-8-13(11-15(14)21)19(25)24-10-4-7-16(24)18-22-17(23-26-18)12-5-2-1-3-6-12/h1-3,5-6,8-9,11,16H,4,7,10H2/t16-/m1/s1. The number of amides is 1. The fourth-order valence-electron chi connectivity index (χ4n) is 3.14. The van der Waals surface area contributed by atoms with Crippen molar-refractivity contribution in [2.75, 3.05) is 6.54 Å². The molecule has 1 aromatic heterocycles. The van der Waals surface area contributed by atoms with Gasteiger partial charge in [0.2, 0.25) is 11.7 Å². The van der Waals surface area contributed by atoms with Crippen molar-refractivity contribution in [3.8, 4) is 11.4 Å². The van der Waals surface area contributed by atoms with Crippen molar-refractivity contribution in [2.45, 2.75) is 18.9 Å². The van der Waals surface area contributed by atoms with Crippen molar-refractivity contribution in [2.24, 2.45) is 0 Å². The second-order valence-electron chi connectivity index (χ2n) is 6.11. The normalized spacial score (nSPS) is 16.8. The van der Waals surface area contributed by atoms with Gasteiger partial charge in [-0.1, -0.05) is 35.5 Å². The Balaban J connectivity index is 1.60. The zero-order chi connectivity index (χ0) is 18.1. The number of aromatic nitrogens is 2. The molecule has 0 unspecified atom stereocenters. The third kappa shape index (κ3) is 2.96. The van der Waals surface area contributed by atoms with Crippen LogP contribution in [0, 0.1) is 11.6 Å². The monoisotopic (exact) mass is 355 g/mol. The molecule has 0 radical (unpaired) electrons. The highest BCUT2D eigenvalue weighted by Gasteiger charge is 2.34. The Kier molecular flexibility index (Phi) is 4.20. The highest BCUT2D eigenvalue weighted by atomic mass is 19.2. The predicted octanol–water partition coefficient (Wildman–Crippen LogP) is 3.99. The molecule has 1 saturated heterocycles. The first-order valence-corrected chi connectivity index (χ1v) is 8.28. The molecule has 2 heterocycles. The van der Waals surface area contributed by atoms with Crippen LogP contribution >= 0.6 is 0 Å². The molecule has 0 spiro atoms. The molecule has 0 aliphatic carbocycles. The Morgan fingerprint density at radius 2 is 1.92 bits per heavy atom. The fraction of sp³-hybridized carbons (Fsp3) is 0.211. The molecule has 26 heavy (non-hydrogen) atoms. The number of likely N-dealkylation sites (tertiary alicyclic amines) is 1. The van der Waals surface area contributed by atoms with Crippen LogP contribution in [0.5, 0.6) is 0 Å². The van der Waals surface area contributed by atoms with Crippen molar-refractivity contribution in [3.05, 3.63) is 71.6 Å². The maximum absolute atomic E-state index is 13.5. The summed E-state index contributed by atoms with van der Waals surface area (Å²) in [7, 11) is 0. The average Bonchev–Trinajstić information content (AvgIpc) is 3.33. The van der Waals surface area contributed by atoms with Crippen molar-refractivity contribution < 1.29 is 18.1 Å². The summed E-state index contributed by atoms with van der Waals surface area (Å²) < 4.78 is 31.9. The van der Waals surface area contributed by atoms with Crippen LogP contribution < -0.4 is 0 Å². The van der Waals surface area contributed by atoms with Gasteiger partial charge in [-0.15, -0.1) is 0 Å². The number of nitrogens with zero attached hydrogens (tertiary/aromatic N) is 3. The van der Waals surface area contributed by atoms with Crippen LogP contribution in [-0.2, 0) is 0 Å². The summed E-state index contributed by atoms with van der Waals surface area (Å²) in [4.78, 5) is 18.7. The maximum Gasteiger partial charge on any atom is 0.254 e. The Labute approximate surface area is 148 Å². The lowest BCUT2D eigenvalue weighted by atomic mass is 10.1. The van der Waals surface area contributed by atoms with E-state index in [0.717, 1.165) is 24.1 Å². The lowest BCUT2D eigenvalue weighted by Crippen LogP contribution is -2.30. The number of benzene rings is 2. The molecule has 0 N–H and O–H groups in total. The number of hydrogen-bond acceptors (Lipinski definition) is 4. The first kappa shape index (κ1) is 16.4. The third-order valence-electron chi connectivity index (χ3n) is 4.44. The lowest BCUT2D eigenvalue weighted by Gasteiger charge is -2.21. The minimum absolute atomic E-state index is 0.0959. The van der Waals surface area contributed by atoms with Crippen LogP contribution in [0.2, 0.25) is 0 Å². The number of hydrogen-bond donors (Lipinski definition) is 0. The molecule has 1 aliphatic rings. The van der Waals surface area contributed by atoms with Crippen LogP contribution in [0.3, 0.4) is 0 Å². The van der Waals surface area contributed by atoms with Crippen molar-refractivity contribution in [3.63, 3.8) is 0 Å². The second-order valence-corrected chi connectivity index (χ2v) is 6.11. The SMILES string of the molecule is O=C(c1ccc(F)c(F)c1)N1CCC[C@@H]1c1nc(-c2ccccc2)no1. The Morgan fingerprint density at radius 1 is 1.12 bits per heavy atom. The van der Waals surface area contributed by atoms with Gasteiger partial charge in [0.25, 0.3) is 5.91 Å². The van der Waals surface area contributed by atoms with E-state index < -0.39 is 11.6 Å². The summed E-state index contributed by atoms with van der Waals surface area (Å²) >= 11 is 0. The summed E-state index contributed by atoms with van der Waals surface area (Å²) in [6.45, 7) is 0.492. The van der Waals surface area contributed by atoms with Gasteiger partial charge in [-0.25, -0.2) is 8.78 Å². The number of carbonyl (C=O) groups is 1. The van der Waals surface area contributed by atoms with E-state index in [0.29, 0.717) is 24.7 Å². The third-order valence-corrected chi connectivity index (χ3v) is 4.44. The van der Waals surface area contributed by atoms with Gasteiger partial charge in [0.15, 0.2) is 11.6 Å². The van der Waals surface area contributed by atoms with E-state index in [1.807, 2.05) is 30.3 Å². The van der Waals surface area contributed by atoms with Crippen molar-refractivity contribution in [1.82, 2.24) is 15.0 Å². The highest BCUT2D eigenvalue weighted by Crippen LogP contribution is 2.33. The summed E-state index contributed by atoms with van der Waals surface area (Å²) in [5, 5.41) is 3.99. The number of carbonyl (C=O) groups excluding carboxylic acids is 1. The van der Waals surface area contributed by atoms with Gasteiger partial charge in [-0.3, -0.25) is 4.79 Å². The van der Waals surface area contributed by atoms with Gasteiger partial charge in [0.05, 0.1) is 0 Å². The Morgan fingerprint density at radius 3 is 2.69 bits per heavy atom. The smallest absolute Gasteiger partial charge is 0.254 e. The molecule has 3 aromatic rings. The van der Waals surface area contributed by atoms with E-state index in [1.54, 1.807) is 4.90 Å². The zero-order valence-electron chi connectivity index (χ0n) is 13.7. The van der Waals surface area contributed by atoms with Crippen LogP contribution in [0.1, 0.15) is 35.1 Å². The van der Waals surface area contributed by atoms with Gasteiger partial charge in [-0.2, -0.15) is 4.98 Å². The van der Waals surface area contributed by atoms with Crippen LogP contribution in [0.15, 0.2) is 53.1 Å². The van der Waals surface area contributed by atoms with E-state index in [4.69, 9.17) is 4.52 Å². The average molecular weight is 355 g/mol. The molecular formula is C19H15F2N3O2. The summed E-state index contributed by atoms with van der Waals surface area (Å²) in [5.74, 6) is -1.62. The maximum atomic E-state index is 13.5. The molecular weight excluding hydrogens is 340 g/mol. The van der Waals surface area contributed by atoms with E-state index in [1.165, 1.54) is 6.07 Å². The molecule has 0 bridgehead atoms. The highest BCUT2D eigenvalue weighted by molar-refractivity contribution is 5.94. The van der Waals surface area contributed by atoms with Gasteiger partial charge >= 0.3 is 0 Å². The molecule has 1 amide bonds. The molecule has 4 rings (SSSR count). The zero-order valence-corrected chi connectivity index (χ0v) is 13.7. The molecule has 2 aromatic carbocycles. The molecule has 5 nitrogen and oxygen atoms in total. The number of rotatable bonds is 3. The predicted molar refractivity (Wildman–Crippen MR) is 89.1 cm³/mol. The lowest BCUT2D eigenvalue weighted by molar-refractivity contribution is 0.0709. The van der Waals surface area contributed by atoms with Crippen molar-refractivity contribution >= 4 is 5.91 Å². The second kappa shape index (κ2) is 6.67. The van der Waals surface area contributed by atoms with E-state index >= 15 is 0 Å². The topological polar surface area (TPSA) is 59.2 Å². The molecule has 7 heteroatoms.